The highest BCUT2D eigenvalue weighted by Crippen LogP contribution is 2.39. The summed E-state index contributed by atoms with van der Waals surface area (Å²) in [6.07, 6.45) is 6.13. The van der Waals surface area contributed by atoms with Gasteiger partial charge in [-0.2, -0.15) is 0 Å². The van der Waals surface area contributed by atoms with E-state index in [-0.39, 0.29) is 5.78 Å². The predicted octanol–water partition coefficient (Wildman–Crippen LogP) is 6.03. The van der Waals surface area contributed by atoms with Gasteiger partial charge < -0.3 is 4.74 Å². The van der Waals surface area contributed by atoms with Crippen LogP contribution in [0.2, 0.25) is 0 Å². The summed E-state index contributed by atoms with van der Waals surface area (Å²) in [6.45, 7) is 2.21. The summed E-state index contributed by atoms with van der Waals surface area (Å²) in [5, 5.41) is 0.799. The number of hydrogen-bond donors (Lipinski definition) is 0. The lowest BCUT2D eigenvalue weighted by molar-refractivity contribution is -0.129. The van der Waals surface area contributed by atoms with Crippen molar-refractivity contribution in [2.75, 3.05) is 0 Å². The molecular formula is C28H27NO3. The first-order valence-electron chi connectivity index (χ1n) is 11.5. The van der Waals surface area contributed by atoms with Crippen molar-refractivity contribution in [1.29, 1.82) is 0 Å². The fraction of sp³-hybridized carbons (Fsp3) is 0.321. The van der Waals surface area contributed by atoms with Crippen molar-refractivity contribution < 1.29 is 14.3 Å². The zero-order chi connectivity index (χ0) is 22.1. The molecule has 1 aromatic heterocycles. The van der Waals surface area contributed by atoms with E-state index in [9.17, 15) is 9.59 Å². The average Bonchev–Trinajstić information content (AvgIpc) is 2.80. The zero-order valence-corrected chi connectivity index (χ0v) is 18.3. The number of benzene rings is 2. The van der Waals surface area contributed by atoms with E-state index < -0.39 is 12.1 Å². The number of ketones is 1. The van der Waals surface area contributed by atoms with Gasteiger partial charge in [-0.05, 0) is 66.9 Å². The molecule has 0 N–H and O–H groups in total. The fourth-order valence-corrected chi connectivity index (χ4v) is 4.98. The van der Waals surface area contributed by atoms with Gasteiger partial charge in [0.25, 0.3) is 0 Å². The van der Waals surface area contributed by atoms with Gasteiger partial charge in [0.2, 0.25) is 0 Å². The number of aromatic nitrogens is 1. The molecule has 3 aromatic rings. The molecule has 32 heavy (non-hydrogen) atoms. The van der Waals surface area contributed by atoms with Crippen LogP contribution in [0.25, 0.3) is 22.6 Å². The molecule has 4 heteroatoms. The van der Waals surface area contributed by atoms with Gasteiger partial charge in [-0.25, -0.2) is 9.78 Å². The number of rotatable bonds is 3. The molecule has 2 aliphatic rings. The van der Waals surface area contributed by atoms with E-state index in [1.165, 1.54) is 0 Å². The summed E-state index contributed by atoms with van der Waals surface area (Å²) >= 11 is 0. The van der Waals surface area contributed by atoms with Gasteiger partial charge >= 0.3 is 5.97 Å². The lowest BCUT2D eigenvalue weighted by atomic mass is 9.80. The molecule has 1 heterocycles. The molecule has 0 amide bonds. The molecule has 0 saturated heterocycles. The van der Waals surface area contributed by atoms with Gasteiger partial charge in [-0.3, -0.25) is 4.79 Å². The minimum atomic E-state index is -0.626. The quantitative estimate of drug-likeness (QED) is 0.481. The normalized spacial score (nSPS) is 22.0. The van der Waals surface area contributed by atoms with Gasteiger partial charge in [0.05, 0.1) is 16.8 Å². The fourth-order valence-electron chi connectivity index (χ4n) is 4.98. The van der Waals surface area contributed by atoms with Gasteiger partial charge in [0.1, 0.15) is 0 Å². The highest BCUT2D eigenvalue weighted by Gasteiger charge is 2.32. The third-order valence-electron chi connectivity index (χ3n) is 6.51. The second-order valence-corrected chi connectivity index (χ2v) is 9.03. The van der Waals surface area contributed by atoms with Gasteiger partial charge in [-0.15, -0.1) is 0 Å². The number of hydrogen-bond acceptors (Lipinski definition) is 4. The Morgan fingerprint density at radius 1 is 1.03 bits per heavy atom. The van der Waals surface area contributed by atoms with Crippen molar-refractivity contribution in [1.82, 2.24) is 4.98 Å². The molecule has 1 saturated carbocycles. The molecule has 0 radical (unpaired) electrons. The predicted molar refractivity (Wildman–Crippen MR) is 126 cm³/mol. The lowest BCUT2D eigenvalue weighted by Crippen LogP contribution is -2.31. The van der Waals surface area contributed by atoms with Gasteiger partial charge in [-0.1, -0.05) is 55.5 Å². The first-order chi connectivity index (χ1) is 15.6. The van der Waals surface area contributed by atoms with E-state index in [1.807, 2.05) is 42.5 Å². The number of para-hydroxylation sites is 1. The molecule has 0 spiro atoms. The van der Waals surface area contributed by atoms with Crippen molar-refractivity contribution in [2.45, 2.75) is 51.6 Å². The molecular weight excluding hydrogens is 398 g/mol. The Hall–Kier alpha value is -3.27. The molecule has 2 aliphatic carbocycles. The molecule has 0 bridgehead atoms. The average molecular weight is 426 g/mol. The first-order valence-corrected chi connectivity index (χ1v) is 11.5. The molecule has 2 aromatic carbocycles. The molecule has 5 rings (SSSR count). The zero-order valence-electron chi connectivity index (χ0n) is 18.3. The van der Waals surface area contributed by atoms with E-state index in [0.29, 0.717) is 24.3 Å². The number of fused-ring (bicyclic) bond motifs is 2. The van der Waals surface area contributed by atoms with E-state index in [4.69, 9.17) is 9.72 Å². The van der Waals surface area contributed by atoms with Crippen LogP contribution in [-0.4, -0.2) is 22.8 Å². The minimum Gasteiger partial charge on any atom is -0.451 e. The van der Waals surface area contributed by atoms with E-state index in [1.54, 1.807) is 0 Å². The number of carbonyl (C=O) groups excluding carboxylic acids is 2. The van der Waals surface area contributed by atoms with Crippen LogP contribution in [0.1, 0.15) is 66.2 Å². The lowest BCUT2D eigenvalue weighted by Gasteiger charge is -2.27. The van der Waals surface area contributed by atoms with Crippen LogP contribution in [0, 0.1) is 5.92 Å². The molecule has 2 atom stereocenters. The van der Waals surface area contributed by atoms with Gasteiger partial charge in [0.15, 0.2) is 11.9 Å². The Kier molecular flexibility index (Phi) is 5.60. The van der Waals surface area contributed by atoms with Crippen LogP contribution in [0.5, 0.6) is 0 Å². The third-order valence-corrected chi connectivity index (χ3v) is 6.51. The van der Waals surface area contributed by atoms with Crippen LogP contribution in [0.3, 0.4) is 0 Å². The Labute approximate surface area is 188 Å². The monoisotopic (exact) mass is 425 g/mol. The first kappa shape index (κ1) is 20.6. The molecule has 0 aliphatic heterocycles. The Balaban J connectivity index is 1.64. The largest absolute Gasteiger partial charge is 0.451 e. The Bertz CT molecular complexity index is 1210. The second kappa shape index (κ2) is 8.70. The van der Waals surface area contributed by atoms with Crippen molar-refractivity contribution in [3.8, 4) is 0 Å². The van der Waals surface area contributed by atoms with Crippen molar-refractivity contribution >= 4 is 34.3 Å². The van der Waals surface area contributed by atoms with Crippen LogP contribution >= 0.6 is 0 Å². The maximum absolute atomic E-state index is 13.5. The van der Waals surface area contributed by atoms with E-state index in [0.717, 1.165) is 59.0 Å². The highest BCUT2D eigenvalue weighted by molar-refractivity contribution is 6.07. The summed E-state index contributed by atoms with van der Waals surface area (Å²) in [7, 11) is 0. The van der Waals surface area contributed by atoms with Crippen molar-refractivity contribution in [3.05, 3.63) is 77.0 Å². The Morgan fingerprint density at radius 2 is 1.81 bits per heavy atom. The smallest absolute Gasteiger partial charge is 0.339 e. The SMILES string of the molecule is CC1CC(=Cc2ccccc2)c2nc3ccccc3c(C(=O)OC3CCCCC3=O)c2C1. The number of pyridine rings is 1. The standard InChI is InChI=1S/C28H27NO3/c1-18-15-20(17-19-9-3-2-4-10-19)27-22(16-18)26(21-11-5-6-12-23(21)29-27)28(31)32-25-14-8-7-13-24(25)30/h2-6,9-12,17-18,25H,7-8,13-16H2,1H3. The molecule has 1 fully saturated rings. The van der Waals surface area contributed by atoms with Gasteiger partial charge in [0, 0.05) is 11.8 Å². The van der Waals surface area contributed by atoms with Crippen molar-refractivity contribution in [3.63, 3.8) is 0 Å². The maximum Gasteiger partial charge on any atom is 0.339 e. The van der Waals surface area contributed by atoms with E-state index in [2.05, 4.69) is 25.1 Å². The summed E-state index contributed by atoms with van der Waals surface area (Å²) in [4.78, 5) is 30.8. The second-order valence-electron chi connectivity index (χ2n) is 9.03. The Morgan fingerprint density at radius 3 is 2.62 bits per heavy atom. The molecule has 2 unspecified atom stereocenters. The van der Waals surface area contributed by atoms with E-state index >= 15 is 0 Å². The van der Waals surface area contributed by atoms with Crippen LogP contribution in [0.15, 0.2) is 54.6 Å². The number of Topliss-reactive ketones (excluding diaryl/α,β-unsaturated/α-hetero) is 1. The third kappa shape index (κ3) is 3.97. The molecule has 4 nitrogen and oxygen atoms in total. The maximum atomic E-state index is 13.5. The number of nitrogens with zero attached hydrogens (tertiary/aromatic N) is 1. The summed E-state index contributed by atoms with van der Waals surface area (Å²) in [6, 6.07) is 18.0. The summed E-state index contributed by atoms with van der Waals surface area (Å²) in [5.41, 5.74) is 5.44. The van der Waals surface area contributed by atoms with Crippen molar-refractivity contribution in [2.24, 2.45) is 5.92 Å². The summed E-state index contributed by atoms with van der Waals surface area (Å²) in [5.74, 6) is 0.0198. The number of allylic oxidation sites excluding steroid dienone is 1. The number of ether oxygens (including phenoxy) is 1. The van der Waals surface area contributed by atoms with Crippen LogP contribution in [0.4, 0.5) is 0 Å². The van der Waals surface area contributed by atoms with Crippen LogP contribution < -0.4 is 0 Å². The molecule has 162 valence electrons. The topological polar surface area (TPSA) is 56.3 Å². The highest BCUT2D eigenvalue weighted by atomic mass is 16.5. The number of carbonyl (C=O) groups is 2. The number of esters is 1. The minimum absolute atomic E-state index is 0.0369. The van der Waals surface area contributed by atoms with Crippen LogP contribution in [-0.2, 0) is 16.0 Å². The summed E-state index contributed by atoms with van der Waals surface area (Å²) < 4.78 is 5.82.